The van der Waals surface area contributed by atoms with E-state index in [2.05, 4.69) is 29.0 Å². The number of aryl methyl sites for hydroxylation is 1. The summed E-state index contributed by atoms with van der Waals surface area (Å²) in [5, 5.41) is 3.61. The Hall–Kier alpha value is -3.26. The highest BCUT2D eigenvalue weighted by Crippen LogP contribution is 2.34. The minimum Gasteiger partial charge on any atom is -0.372 e. The van der Waals surface area contributed by atoms with Gasteiger partial charge in [-0.05, 0) is 50.5 Å². The Morgan fingerprint density at radius 2 is 1.88 bits per heavy atom. The number of hydrogen-bond acceptors (Lipinski definition) is 6. The lowest BCUT2D eigenvalue weighted by atomic mass is 10.2. The van der Waals surface area contributed by atoms with Crippen molar-refractivity contribution in [3.8, 4) is 0 Å². The first-order chi connectivity index (χ1) is 16.5. The average molecular weight is 462 g/mol. The number of para-hydroxylation sites is 1. The fourth-order valence-corrected chi connectivity index (χ4v) is 4.67. The molecule has 1 saturated heterocycles. The van der Waals surface area contributed by atoms with Crippen molar-refractivity contribution >= 4 is 22.6 Å². The molecule has 2 aliphatic rings. The number of carbonyl (C=O) groups is 1. The smallest absolute Gasteiger partial charge is 0.261 e. The predicted octanol–water partition coefficient (Wildman–Crippen LogP) is 2.99. The summed E-state index contributed by atoms with van der Waals surface area (Å²) in [7, 11) is 0. The van der Waals surface area contributed by atoms with Gasteiger partial charge < -0.3 is 15.0 Å². The second kappa shape index (κ2) is 9.54. The van der Waals surface area contributed by atoms with Crippen molar-refractivity contribution in [3.05, 3.63) is 64.3 Å². The molecule has 1 saturated carbocycles. The summed E-state index contributed by atoms with van der Waals surface area (Å²) < 4.78 is 7.59. The van der Waals surface area contributed by atoms with Gasteiger partial charge in [-0.3, -0.25) is 14.2 Å². The predicted molar refractivity (Wildman–Crippen MR) is 131 cm³/mol. The zero-order chi connectivity index (χ0) is 23.7. The molecule has 1 aliphatic carbocycles. The van der Waals surface area contributed by atoms with E-state index in [0.29, 0.717) is 29.7 Å². The zero-order valence-electron chi connectivity index (χ0n) is 19.7. The molecule has 8 nitrogen and oxygen atoms in total. The Morgan fingerprint density at radius 3 is 2.59 bits per heavy atom. The minimum atomic E-state index is -0.0651. The van der Waals surface area contributed by atoms with Gasteiger partial charge in [0.1, 0.15) is 11.6 Å². The van der Waals surface area contributed by atoms with Crippen molar-refractivity contribution in [1.82, 2.24) is 19.9 Å². The second-order valence-electron chi connectivity index (χ2n) is 9.42. The number of pyridine rings is 1. The van der Waals surface area contributed by atoms with Gasteiger partial charge in [-0.25, -0.2) is 9.97 Å². The Labute approximate surface area is 199 Å². The molecule has 1 aromatic carbocycles. The van der Waals surface area contributed by atoms with Crippen molar-refractivity contribution in [2.45, 2.75) is 64.3 Å². The number of nitrogens with one attached hydrogen (secondary N) is 1. The van der Waals surface area contributed by atoms with Crippen LogP contribution in [0, 0.1) is 0 Å². The molecule has 2 fully saturated rings. The summed E-state index contributed by atoms with van der Waals surface area (Å²) in [4.78, 5) is 37.1. The number of hydrogen-bond donors (Lipinski definition) is 1. The highest BCUT2D eigenvalue weighted by molar-refractivity contribution is 5.78. The van der Waals surface area contributed by atoms with Crippen LogP contribution in [-0.4, -0.2) is 45.7 Å². The molecule has 34 heavy (non-hydrogen) atoms. The Morgan fingerprint density at radius 1 is 1.12 bits per heavy atom. The number of rotatable bonds is 7. The van der Waals surface area contributed by atoms with Gasteiger partial charge in [-0.15, -0.1) is 0 Å². The standard InChI is InChI=1S/C26H31N5O3/c1-17-15-30(16-18(2)34-17)23-10-7-19(13-27-23)14-28-25(32)12-11-24-29-22-6-4-3-5-21(22)26(33)31(24)20-8-9-20/h3-7,10,13,17-18,20H,8-9,11-12,14-16H2,1-2H3,(H,28,32). The lowest BCUT2D eigenvalue weighted by Gasteiger charge is -2.36. The number of anilines is 1. The molecule has 2 unspecified atom stereocenters. The molecule has 178 valence electrons. The van der Waals surface area contributed by atoms with Crippen LogP contribution < -0.4 is 15.8 Å². The number of ether oxygens (including phenoxy) is 1. The van der Waals surface area contributed by atoms with Crippen molar-refractivity contribution in [2.75, 3.05) is 18.0 Å². The van der Waals surface area contributed by atoms with Gasteiger partial charge in [0, 0.05) is 44.7 Å². The molecule has 1 aliphatic heterocycles. The molecule has 2 atom stereocenters. The van der Waals surface area contributed by atoms with Gasteiger partial charge in [0.05, 0.1) is 23.1 Å². The van der Waals surface area contributed by atoms with Crippen LogP contribution in [0.2, 0.25) is 0 Å². The third-order valence-electron chi connectivity index (χ3n) is 6.41. The SMILES string of the molecule is CC1CN(c2ccc(CNC(=O)CCc3nc4ccccc4c(=O)n3C3CC3)cn2)CC(C)O1. The Balaban J connectivity index is 1.19. The van der Waals surface area contributed by atoms with E-state index in [0.717, 1.165) is 37.3 Å². The van der Waals surface area contributed by atoms with E-state index >= 15 is 0 Å². The van der Waals surface area contributed by atoms with Crippen LogP contribution in [0.15, 0.2) is 47.4 Å². The lowest BCUT2D eigenvalue weighted by Crippen LogP contribution is -2.45. The molecule has 0 bridgehead atoms. The number of amides is 1. The fourth-order valence-electron chi connectivity index (χ4n) is 4.67. The maximum Gasteiger partial charge on any atom is 0.261 e. The van der Waals surface area contributed by atoms with Gasteiger partial charge >= 0.3 is 0 Å². The summed E-state index contributed by atoms with van der Waals surface area (Å²) >= 11 is 0. The van der Waals surface area contributed by atoms with E-state index in [1.165, 1.54) is 0 Å². The van der Waals surface area contributed by atoms with Gasteiger partial charge in [-0.2, -0.15) is 0 Å². The maximum atomic E-state index is 13.0. The Kier molecular flexibility index (Phi) is 6.32. The lowest BCUT2D eigenvalue weighted by molar-refractivity contribution is -0.121. The highest BCUT2D eigenvalue weighted by Gasteiger charge is 2.28. The van der Waals surface area contributed by atoms with E-state index in [1.54, 1.807) is 4.57 Å². The fraction of sp³-hybridized carbons (Fsp3) is 0.462. The quantitative estimate of drug-likeness (QED) is 0.582. The van der Waals surface area contributed by atoms with Gasteiger partial charge in [0.25, 0.3) is 5.56 Å². The van der Waals surface area contributed by atoms with Crippen LogP contribution in [0.4, 0.5) is 5.82 Å². The first-order valence-electron chi connectivity index (χ1n) is 12.1. The van der Waals surface area contributed by atoms with Crippen LogP contribution in [0.25, 0.3) is 10.9 Å². The third-order valence-corrected chi connectivity index (χ3v) is 6.41. The van der Waals surface area contributed by atoms with Gasteiger partial charge in [-0.1, -0.05) is 18.2 Å². The number of benzene rings is 1. The largest absolute Gasteiger partial charge is 0.372 e. The molecule has 3 heterocycles. The zero-order valence-corrected chi connectivity index (χ0v) is 19.7. The van der Waals surface area contributed by atoms with Crippen LogP contribution in [0.3, 0.4) is 0 Å². The summed E-state index contributed by atoms with van der Waals surface area (Å²) in [6.07, 6.45) is 4.88. The number of fused-ring (bicyclic) bond motifs is 1. The van der Waals surface area contributed by atoms with Crippen molar-refractivity contribution in [2.24, 2.45) is 0 Å². The Bertz CT molecular complexity index is 1230. The molecule has 3 aromatic rings. The van der Waals surface area contributed by atoms with E-state index in [4.69, 9.17) is 9.72 Å². The maximum absolute atomic E-state index is 13.0. The molecule has 0 spiro atoms. The number of carbonyl (C=O) groups excluding carboxylic acids is 1. The monoisotopic (exact) mass is 461 g/mol. The second-order valence-corrected chi connectivity index (χ2v) is 9.42. The third kappa shape index (κ3) is 4.97. The van der Waals surface area contributed by atoms with E-state index < -0.39 is 0 Å². The first-order valence-corrected chi connectivity index (χ1v) is 12.1. The molecule has 1 amide bonds. The number of aromatic nitrogens is 3. The van der Waals surface area contributed by atoms with E-state index in [-0.39, 0.29) is 36.1 Å². The highest BCUT2D eigenvalue weighted by atomic mass is 16.5. The summed E-state index contributed by atoms with van der Waals surface area (Å²) in [5.41, 5.74) is 1.64. The summed E-state index contributed by atoms with van der Waals surface area (Å²) in [5.74, 6) is 1.56. The molecular weight excluding hydrogens is 430 g/mol. The van der Waals surface area contributed by atoms with Gasteiger partial charge in [0.2, 0.25) is 5.91 Å². The first kappa shape index (κ1) is 22.5. The average Bonchev–Trinajstić information content (AvgIpc) is 3.66. The van der Waals surface area contributed by atoms with Crippen molar-refractivity contribution < 1.29 is 9.53 Å². The van der Waals surface area contributed by atoms with Crippen LogP contribution in [-0.2, 0) is 22.5 Å². The van der Waals surface area contributed by atoms with Crippen LogP contribution >= 0.6 is 0 Å². The van der Waals surface area contributed by atoms with E-state index in [1.807, 2.05) is 42.6 Å². The topological polar surface area (TPSA) is 89.4 Å². The summed E-state index contributed by atoms with van der Waals surface area (Å²) in [6.45, 7) is 6.21. The normalized spacial score (nSPS) is 20.5. The molecular formula is C26H31N5O3. The van der Waals surface area contributed by atoms with Crippen molar-refractivity contribution in [1.29, 1.82) is 0 Å². The summed E-state index contributed by atoms with van der Waals surface area (Å²) in [6, 6.07) is 11.6. The molecule has 2 aromatic heterocycles. The number of nitrogens with zero attached hydrogens (tertiary/aromatic N) is 4. The molecule has 5 rings (SSSR count). The van der Waals surface area contributed by atoms with E-state index in [9.17, 15) is 9.59 Å². The van der Waals surface area contributed by atoms with Crippen LogP contribution in [0.1, 0.15) is 50.5 Å². The number of morpholine rings is 1. The molecule has 8 heteroatoms. The van der Waals surface area contributed by atoms with Crippen molar-refractivity contribution in [3.63, 3.8) is 0 Å². The minimum absolute atomic E-state index is 0.00118. The molecule has 0 radical (unpaired) electrons. The van der Waals surface area contributed by atoms with Gasteiger partial charge in [0.15, 0.2) is 0 Å². The van der Waals surface area contributed by atoms with Crippen LogP contribution in [0.5, 0.6) is 0 Å². The molecule has 1 N–H and O–H groups in total.